The number of nitrogens with zero attached hydrogens (tertiary/aromatic N) is 1. The zero-order valence-corrected chi connectivity index (χ0v) is 14.5. The lowest BCUT2D eigenvalue weighted by atomic mass is 10.1. The van der Waals surface area contributed by atoms with E-state index in [4.69, 9.17) is 9.15 Å². The van der Waals surface area contributed by atoms with Gasteiger partial charge in [-0.3, -0.25) is 0 Å². The van der Waals surface area contributed by atoms with Gasteiger partial charge in [0.1, 0.15) is 10.4 Å². The van der Waals surface area contributed by atoms with Gasteiger partial charge in [-0.05, 0) is 13.0 Å². The Balaban J connectivity index is 1.79. The minimum Gasteiger partial charge on any atom is -0.465 e. The molecule has 0 fully saturated rings. The maximum absolute atomic E-state index is 12.5. The SMILES string of the molecule is COC(=O)c1ccoc1COC(=O)c1sc(C)nc1-c1ccccc1. The lowest BCUT2D eigenvalue weighted by Crippen LogP contribution is -2.08. The summed E-state index contributed by atoms with van der Waals surface area (Å²) in [7, 11) is 1.28. The molecule has 0 unspecified atom stereocenters. The Morgan fingerprint density at radius 2 is 1.92 bits per heavy atom. The molecule has 0 aliphatic rings. The Morgan fingerprint density at radius 3 is 2.64 bits per heavy atom. The Kier molecular flexibility index (Phi) is 4.95. The van der Waals surface area contributed by atoms with Crippen molar-refractivity contribution in [1.29, 1.82) is 0 Å². The maximum Gasteiger partial charge on any atom is 0.351 e. The molecule has 0 spiro atoms. The van der Waals surface area contributed by atoms with Gasteiger partial charge in [0.15, 0.2) is 12.4 Å². The van der Waals surface area contributed by atoms with Crippen molar-refractivity contribution in [3.63, 3.8) is 0 Å². The highest BCUT2D eigenvalue weighted by Crippen LogP contribution is 2.29. The molecule has 6 nitrogen and oxygen atoms in total. The van der Waals surface area contributed by atoms with Crippen molar-refractivity contribution < 1.29 is 23.5 Å². The van der Waals surface area contributed by atoms with Crippen LogP contribution in [0.3, 0.4) is 0 Å². The first kappa shape index (κ1) is 16.9. The van der Waals surface area contributed by atoms with Crippen LogP contribution in [0.15, 0.2) is 47.1 Å². The predicted molar refractivity (Wildman–Crippen MR) is 91.5 cm³/mol. The average molecular weight is 357 g/mol. The Labute approximate surface area is 148 Å². The van der Waals surface area contributed by atoms with Crippen LogP contribution in [0.4, 0.5) is 0 Å². The van der Waals surface area contributed by atoms with Crippen molar-refractivity contribution in [3.8, 4) is 11.3 Å². The molecule has 0 bridgehead atoms. The van der Waals surface area contributed by atoms with E-state index in [-0.39, 0.29) is 17.9 Å². The van der Waals surface area contributed by atoms with Gasteiger partial charge in [-0.15, -0.1) is 11.3 Å². The molecule has 3 rings (SSSR count). The van der Waals surface area contributed by atoms with Crippen molar-refractivity contribution in [2.45, 2.75) is 13.5 Å². The van der Waals surface area contributed by atoms with Gasteiger partial charge in [-0.2, -0.15) is 0 Å². The standard InChI is InChI=1S/C18H15NO5S/c1-11-19-15(12-6-4-3-5-7-12)16(25-11)18(21)24-10-14-13(8-9-23-14)17(20)22-2/h3-9H,10H2,1-2H3. The molecule has 0 saturated carbocycles. The molecule has 0 N–H and O–H groups in total. The number of ether oxygens (including phenoxy) is 2. The molecule has 2 heterocycles. The number of thiazole rings is 1. The van der Waals surface area contributed by atoms with E-state index in [1.807, 2.05) is 37.3 Å². The predicted octanol–water partition coefficient (Wildman–Crippen LogP) is 3.86. The topological polar surface area (TPSA) is 78.6 Å². The van der Waals surface area contributed by atoms with Gasteiger partial charge < -0.3 is 13.9 Å². The Morgan fingerprint density at radius 1 is 1.16 bits per heavy atom. The first-order valence-corrected chi connectivity index (χ1v) is 8.26. The third-order valence-electron chi connectivity index (χ3n) is 3.45. The van der Waals surface area contributed by atoms with E-state index < -0.39 is 11.9 Å². The van der Waals surface area contributed by atoms with Crippen LogP contribution >= 0.6 is 11.3 Å². The fraction of sp³-hybridized carbons (Fsp3) is 0.167. The van der Waals surface area contributed by atoms with Gasteiger partial charge in [0.05, 0.1) is 24.1 Å². The number of carbonyl (C=O) groups excluding carboxylic acids is 2. The van der Waals surface area contributed by atoms with Gasteiger partial charge >= 0.3 is 11.9 Å². The van der Waals surface area contributed by atoms with Gasteiger partial charge in [-0.1, -0.05) is 30.3 Å². The van der Waals surface area contributed by atoms with Crippen molar-refractivity contribution in [2.24, 2.45) is 0 Å². The second-order valence-corrected chi connectivity index (χ2v) is 6.31. The van der Waals surface area contributed by atoms with Crippen molar-refractivity contribution >= 4 is 23.3 Å². The van der Waals surface area contributed by atoms with Crippen LogP contribution in [0.5, 0.6) is 0 Å². The Bertz CT molecular complexity index is 897. The van der Waals surface area contributed by atoms with Crippen LogP contribution in [0.1, 0.15) is 30.8 Å². The Hall–Kier alpha value is -2.93. The largest absolute Gasteiger partial charge is 0.465 e. The summed E-state index contributed by atoms with van der Waals surface area (Å²) >= 11 is 1.26. The van der Waals surface area contributed by atoms with Gasteiger partial charge in [0.2, 0.25) is 0 Å². The van der Waals surface area contributed by atoms with Crippen LogP contribution in [-0.2, 0) is 16.1 Å². The van der Waals surface area contributed by atoms with Crippen LogP contribution in [0.25, 0.3) is 11.3 Å². The molecule has 0 atom stereocenters. The lowest BCUT2D eigenvalue weighted by Gasteiger charge is -2.05. The molecule has 1 aromatic carbocycles. The molecule has 3 aromatic rings. The normalized spacial score (nSPS) is 10.5. The number of furan rings is 1. The summed E-state index contributed by atoms with van der Waals surface area (Å²) in [6.45, 7) is 1.66. The van der Waals surface area contributed by atoms with E-state index in [2.05, 4.69) is 9.72 Å². The number of esters is 2. The van der Waals surface area contributed by atoms with Crippen molar-refractivity contribution in [3.05, 3.63) is 63.9 Å². The number of hydrogen-bond acceptors (Lipinski definition) is 7. The molecule has 7 heteroatoms. The summed E-state index contributed by atoms with van der Waals surface area (Å²) in [4.78, 5) is 28.9. The average Bonchev–Trinajstić information content (AvgIpc) is 3.26. The molecular weight excluding hydrogens is 342 g/mol. The quantitative estimate of drug-likeness (QED) is 0.645. The molecule has 2 aromatic heterocycles. The zero-order chi connectivity index (χ0) is 17.8. The molecule has 25 heavy (non-hydrogen) atoms. The van der Waals surface area contributed by atoms with E-state index >= 15 is 0 Å². The highest BCUT2D eigenvalue weighted by atomic mass is 32.1. The van der Waals surface area contributed by atoms with Crippen LogP contribution in [0.2, 0.25) is 0 Å². The van der Waals surface area contributed by atoms with Gasteiger partial charge in [-0.25, -0.2) is 14.6 Å². The summed E-state index contributed by atoms with van der Waals surface area (Å²) in [5.41, 5.74) is 1.66. The van der Waals surface area contributed by atoms with Gasteiger partial charge in [0, 0.05) is 5.56 Å². The molecular formula is C18H15NO5S. The monoisotopic (exact) mass is 357 g/mol. The molecule has 0 aliphatic carbocycles. The van der Waals surface area contributed by atoms with Crippen LogP contribution in [-0.4, -0.2) is 24.0 Å². The number of methoxy groups -OCH3 is 1. The number of carbonyl (C=O) groups is 2. The fourth-order valence-electron chi connectivity index (χ4n) is 2.30. The first-order chi connectivity index (χ1) is 12.1. The molecule has 0 radical (unpaired) electrons. The second-order valence-electron chi connectivity index (χ2n) is 5.10. The minimum absolute atomic E-state index is 0.165. The summed E-state index contributed by atoms with van der Waals surface area (Å²) in [5, 5.41) is 0.763. The van der Waals surface area contributed by atoms with Gasteiger partial charge in [0.25, 0.3) is 0 Å². The minimum atomic E-state index is -0.543. The smallest absolute Gasteiger partial charge is 0.351 e. The van der Waals surface area contributed by atoms with Crippen LogP contribution in [0, 0.1) is 6.92 Å². The number of aryl methyl sites for hydroxylation is 1. The first-order valence-electron chi connectivity index (χ1n) is 7.44. The number of rotatable bonds is 5. The fourth-order valence-corrected chi connectivity index (χ4v) is 3.13. The van der Waals surface area contributed by atoms with E-state index in [0.29, 0.717) is 10.6 Å². The van der Waals surface area contributed by atoms with Crippen molar-refractivity contribution in [1.82, 2.24) is 4.98 Å². The number of hydrogen-bond donors (Lipinski definition) is 0. The third-order valence-corrected chi connectivity index (χ3v) is 4.40. The maximum atomic E-state index is 12.5. The van der Waals surface area contributed by atoms with E-state index in [9.17, 15) is 9.59 Å². The molecule has 0 saturated heterocycles. The van der Waals surface area contributed by atoms with Crippen LogP contribution < -0.4 is 0 Å². The molecule has 128 valence electrons. The summed E-state index contributed by atoms with van der Waals surface area (Å²) < 4.78 is 15.2. The lowest BCUT2D eigenvalue weighted by molar-refractivity contribution is 0.0438. The number of aromatic nitrogens is 1. The van der Waals surface area contributed by atoms with E-state index in [1.165, 1.54) is 30.8 Å². The zero-order valence-electron chi connectivity index (χ0n) is 13.6. The summed E-state index contributed by atoms with van der Waals surface area (Å²) in [5.74, 6) is -0.822. The highest BCUT2D eigenvalue weighted by Gasteiger charge is 2.22. The molecule has 0 aliphatic heterocycles. The van der Waals surface area contributed by atoms with E-state index in [0.717, 1.165) is 10.6 Å². The second kappa shape index (κ2) is 7.31. The highest BCUT2D eigenvalue weighted by molar-refractivity contribution is 7.14. The third kappa shape index (κ3) is 3.61. The summed E-state index contributed by atoms with van der Waals surface area (Å²) in [6.07, 6.45) is 1.35. The molecule has 0 amide bonds. The van der Waals surface area contributed by atoms with E-state index in [1.54, 1.807) is 0 Å². The van der Waals surface area contributed by atoms with Crippen molar-refractivity contribution in [2.75, 3.05) is 7.11 Å². The number of benzene rings is 1. The summed E-state index contributed by atoms with van der Waals surface area (Å²) in [6, 6.07) is 10.9.